The number of aromatic nitrogens is 1. The van der Waals surface area contributed by atoms with Gasteiger partial charge in [-0.15, -0.1) is 11.3 Å². The SMILES string of the molecule is CCN(Cc1csc(CNC(=O)c2ccccc2)n1)CC(C)(C)O. The number of likely N-dealkylation sites (N-methyl/N-ethyl adjacent to an activating group) is 1. The summed E-state index contributed by atoms with van der Waals surface area (Å²) in [6.07, 6.45) is 0. The van der Waals surface area contributed by atoms with Gasteiger partial charge in [0.2, 0.25) is 0 Å². The van der Waals surface area contributed by atoms with Crippen molar-refractivity contribution in [1.82, 2.24) is 15.2 Å². The monoisotopic (exact) mass is 347 g/mol. The first-order valence-corrected chi connectivity index (χ1v) is 8.96. The van der Waals surface area contributed by atoms with Crippen molar-refractivity contribution < 1.29 is 9.90 Å². The van der Waals surface area contributed by atoms with Crippen LogP contribution < -0.4 is 5.32 Å². The zero-order chi connectivity index (χ0) is 17.6. The molecule has 6 heteroatoms. The van der Waals surface area contributed by atoms with Crippen LogP contribution in [0.3, 0.4) is 0 Å². The van der Waals surface area contributed by atoms with Gasteiger partial charge in [-0.3, -0.25) is 9.69 Å². The molecule has 1 aromatic carbocycles. The van der Waals surface area contributed by atoms with Crippen molar-refractivity contribution in [3.8, 4) is 0 Å². The van der Waals surface area contributed by atoms with Crippen molar-refractivity contribution >= 4 is 17.2 Å². The number of rotatable bonds is 8. The molecule has 0 atom stereocenters. The van der Waals surface area contributed by atoms with Crippen LogP contribution in [-0.4, -0.2) is 39.6 Å². The molecule has 0 aliphatic rings. The Morgan fingerprint density at radius 1 is 1.33 bits per heavy atom. The largest absolute Gasteiger partial charge is 0.389 e. The second-order valence-corrected chi connectivity index (χ2v) is 7.34. The van der Waals surface area contributed by atoms with Crippen LogP contribution in [0.25, 0.3) is 0 Å². The fraction of sp³-hybridized carbons (Fsp3) is 0.444. The van der Waals surface area contributed by atoms with Crippen LogP contribution in [0.5, 0.6) is 0 Å². The predicted molar refractivity (Wildman–Crippen MR) is 97.0 cm³/mol. The van der Waals surface area contributed by atoms with E-state index in [1.54, 1.807) is 37.3 Å². The zero-order valence-corrected chi connectivity index (χ0v) is 15.3. The molecule has 0 saturated carbocycles. The summed E-state index contributed by atoms with van der Waals surface area (Å²) < 4.78 is 0. The van der Waals surface area contributed by atoms with E-state index < -0.39 is 5.60 Å². The van der Waals surface area contributed by atoms with Gasteiger partial charge in [0.05, 0.1) is 17.8 Å². The molecule has 0 saturated heterocycles. The lowest BCUT2D eigenvalue weighted by Gasteiger charge is -2.27. The van der Waals surface area contributed by atoms with Crippen LogP contribution in [-0.2, 0) is 13.1 Å². The second kappa shape index (κ2) is 8.37. The molecule has 1 aromatic heterocycles. The number of nitrogens with one attached hydrogen (secondary N) is 1. The van der Waals surface area contributed by atoms with Gasteiger partial charge in [-0.1, -0.05) is 25.1 Å². The van der Waals surface area contributed by atoms with Gasteiger partial charge in [0.15, 0.2) is 0 Å². The third-order valence-electron chi connectivity index (χ3n) is 3.48. The van der Waals surface area contributed by atoms with Gasteiger partial charge in [-0.05, 0) is 32.5 Å². The van der Waals surface area contributed by atoms with E-state index in [1.165, 1.54) is 0 Å². The lowest BCUT2D eigenvalue weighted by atomic mass is 10.1. The molecule has 0 aliphatic carbocycles. The summed E-state index contributed by atoms with van der Waals surface area (Å²) in [7, 11) is 0. The lowest BCUT2D eigenvalue weighted by Crippen LogP contribution is -2.38. The molecular weight excluding hydrogens is 322 g/mol. The maximum absolute atomic E-state index is 12.0. The van der Waals surface area contributed by atoms with Crippen molar-refractivity contribution in [3.05, 3.63) is 52.0 Å². The number of carbonyl (C=O) groups is 1. The number of amides is 1. The van der Waals surface area contributed by atoms with Crippen molar-refractivity contribution in [1.29, 1.82) is 0 Å². The Labute approximate surface area is 147 Å². The van der Waals surface area contributed by atoms with Crippen molar-refractivity contribution in [2.45, 2.75) is 39.5 Å². The zero-order valence-electron chi connectivity index (χ0n) is 14.5. The first kappa shape index (κ1) is 18.6. The summed E-state index contributed by atoms with van der Waals surface area (Å²) in [5.74, 6) is -0.0930. The van der Waals surface area contributed by atoms with Gasteiger partial charge in [0.25, 0.3) is 5.91 Å². The summed E-state index contributed by atoms with van der Waals surface area (Å²) in [4.78, 5) is 18.8. The molecule has 2 N–H and O–H groups in total. The minimum Gasteiger partial charge on any atom is -0.389 e. The number of hydrogen-bond donors (Lipinski definition) is 2. The van der Waals surface area contributed by atoms with Gasteiger partial charge >= 0.3 is 0 Å². The molecule has 2 aromatic rings. The Bertz CT molecular complexity index is 650. The van der Waals surface area contributed by atoms with Crippen LogP contribution in [0.1, 0.15) is 41.8 Å². The fourth-order valence-electron chi connectivity index (χ4n) is 2.41. The number of aliphatic hydroxyl groups is 1. The molecule has 130 valence electrons. The highest BCUT2D eigenvalue weighted by atomic mass is 32.1. The number of nitrogens with zero attached hydrogens (tertiary/aromatic N) is 2. The van der Waals surface area contributed by atoms with Crippen LogP contribution in [0.2, 0.25) is 0 Å². The topological polar surface area (TPSA) is 65.5 Å². The maximum Gasteiger partial charge on any atom is 0.251 e. The second-order valence-electron chi connectivity index (χ2n) is 6.40. The molecule has 0 bridgehead atoms. The van der Waals surface area contributed by atoms with Gasteiger partial charge < -0.3 is 10.4 Å². The molecule has 1 amide bonds. The highest BCUT2D eigenvalue weighted by Crippen LogP contribution is 2.14. The highest BCUT2D eigenvalue weighted by Gasteiger charge is 2.18. The van der Waals surface area contributed by atoms with Gasteiger partial charge in [0, 0.05) is 24.0 Å². The average molecular weight is 347 g/mol. The molecule has 24 heavy (non-hydrogen) atoms. The molecule has 5 nitrogen and oxygen atoms in total. The normalized spacial score (nSPS) is 11.7. The highest BCUT2D eigenvalue weighted by molar-refractivity contribution is 7.09. The van der Waals surface area contributed by atoms with E-state index in [0.29, 0.717) is 25.2 Å². The van der Waals surface area contributed by atoms with Gasteiger partial charge in [-0.2, -0.15) is 0 Å². The Balaban J connectivity index is 1.87. The number of hydrogen-bond acceptors (Lipinski definition) is 5. The Morgan fingerprint density at radius 3 is 2.67 bits per heavy atom. The maximum atomic E-state index is 12.0. The molecule has 0 spiro atoms. The van der Waals surface area contributed by atoms with Crippen LogP contribution >= 0.6 is 11.3 Å². The number of carbonyl (C=O) groups excluding carboxylic acids is 1. The van der Waals surface area contributed by atoms with E-state index in [4.69, 9.17) is 0 Å². The van der Waals surface area contributed by atoms with E-state index in [9.17, 15) is 9.90 Å². The third-order valence-corrected chi connectivity index (χ3v) is 4.38. The Kier molecular flexibility index (Phi) is 6.48. The predicted octanol–water partition coefficient (Wildman–Crippen LogP) is 2.67. The minimum absolute atomic E-state index is 0.0930. The van der Waals surface area contributed by atoms with E-state index in [-0.39, 0.29) is 5.91 Å². The molecule has 2 rings (SSSR count). The summed E-state index contributed by atoms with van der Waals surface area (Å²) in [5.41, 5.74) is 0.894. The van der Waals surface area contributed by atoms with Crippen LogP contribution in [0.4, 0.5) is 0 Å². The molecule has 0 aliphatic heterocycles. The molecule has 0 radical (unpaired) electrons. The molecular formula is C18H25N3O2S. The molecule has 0 unspecified atom stereocenters. The third kappa shape index (κ3) is 6.03. The first-order chi connectivity index (χ1) is 11.4. The smallest absolute Gasteiger partial charge is 0.251 e. The Morgan fingerprint density at radius 2 is 2.04 bits per heavy atom. The average Bonchev–Trinajstić information content (AvgIpc) is 2.99. The molecule has 1 heterocycles. The summed E-state index contributed by atoms with van der Waals surface area (Å²) in [6.45, 7) is 8.25. The first-order valence-electron chi connectivity index (χ1n) is 8.08. The van der Waals surface area contributed by atoms with E-state index >= 15 is 0 Å². The standard InChI is InChI=1S/C18H25N3O2S/c1-4-21(13-18(2,3)23)11-15-12-24-16(20-15)10-19-17(22)14-8-6-5-7-9-14/h5-9,12,23H,4,10-11,13H2,1-3H3,(H,19,22). The number of benzene rings is 1. The van der Waals surface area contributed by atoms with Crippen molar-refractivity contribution in [2.24, 2.45) is 0 Å². The van der Waals surface area contributed by atoms with Crippen molar-refractivity contribution in [3.63, 3.8) is 0 Å². The Hall–Kier alpha value is -1.76. The lowest BCUT2D eigenvalue weighted by molar-refractivity contribution is 0.0350. The van der Waals surface area contributed by atoms with Crippen LogP contribution in [0.15, 0.2) is 35.7 Å². The van der Waals surface area contributed by atoms with Crippen molar-refractivity contribution in [2.75, 3.05) is 13.1 Å². The summed E-state index contributed by atoms with van der Waals surface area (Å²) >= 11 is 1.54. The van der Waals surface area contributed by atoms with E-state index in [2.05, 4.69) is 22.1 Å². The molecule has 0 fully saturated rings. The fourth-order valence-corrected chi connectivity index (χ4v) is 3.13. The number of thiazole rings is 1. The van der Waals surface area contributed by atoms with Gasteiger partial charge in [-0.25, -0.2) is 4.98 Å². The van der Waals surface area contributed by atoms with Crippen LogP contribution in [0, 0.1) is 0 Å². The van der Waals surface area contributed by atoms with E-state index in [1.807, 2.05) is 23.6 Å². The summed E-state index contributed by atoms with van der Waals surface area (Å²) in [6, 6.07) is 9.16. The quantitative estimate of drug-likeness (QED) is 0.770. The van der Waals surface area contributed by atoms with E-state index in [0.717, 1.165) is 17.2 Å². The minimum atomic E-state index is -0.724. The van der Waals surface area contributed by atoms with Gasteiger partial charge in [0.1, 0.15) is 5.01 Å². The summed E-state index contributed by atoms with van der Waals surface area (Å²) in [5, 5.41) is 15.7.